The fraction of sp³-hybridized carbons (Fsp3) is 0.429. The number of fused-ring (bicyclic) bond motifs is 2. The number of unbranched alkanes of at least 4 members (excludes halogenated alkanes) is 18. The highest BCUT2D eigenvalue weighted by atomic mass is 32.1. The van der Waals surface area contributed by atoms with Crippen LogP contribution in [0.2, 0.25) is 0 Å². The lowest BCUT2D eigenvalue weighted by molar-refractivity contribution is 0.556. The Balaban J connectivity index is 0.933. The SMILES string of the molecule is CCCCCCCCCCCCc1ccsc1-c1sc(-c2ccc(-c3ccc(-c4sc(-c5sccc5CCCCCCCCCCCC)c5ccccc45)s3)s2)c2ccccc12. The van der Waals surface area contributed by atoms with Crippen molar-refractivity contribution >= 4 is 89.6 Å². The van der Waals surface area contributed by atoms with E-state index in [2.05, 4.69) is 110 Å². The van der Waals surface area contributed by atoms with E-state index in [1.807, 2.05) is 68.0 Å². The van der Waals surface area contributed by atoms with Gasteiger partial charge in [-0.2, -0.15) is 0 Å². The molecule has 6 heterocycles. The Labute approximate surface area is 397 Å². The normalized spacial score (nSPS) is 11.8. The van der Waals surface area contributed by atoms with Gasteiger partial charge in [-0.3, -0.25) is 0 Å². The molecule has 0 radical (unpaired) electrons. The van der Waals surface area contributed by atoms with E-state index in [-0.39, 0.29) is 0 Å². The molecule has 0 N–H and O–H groups in total. The lowest BCUT2D eigenvalue weighted by Gasteiger charge is -2.04. The summed E-state index contributed by atoms with van der Waals surface area (Å²) in [5.41, 5.74) is 3.08. The van der Waals surface area contributed by atoms with Crippen LogP contribution in [0.5, 0.6) is 0 Å². The Hall–Kier alpha value is -2.84. The number of hydrogen-bond acceptors (Lipinski definition) is 6. The first-order valence-electron chi connectivity index (χ1n) is 24.1. The molecule has 0 bridgehead atoms. The van der Waals surface area contributed by atoms with E-state index in [1.165, 1.54) is 212 Å². The topological polar surface area (TPSA) is 0 Å². The molecule has 326 valence electrons. The first kappa shape index (κ1) is 45.7. The third kappa shape index (κ3) is 11.5. The molecule has 0 atom stereocenters. The average molecular weight is 932 g/mol. The highest BCUT2D eigenvalue weighted by Crippen LogP contribution is 2.52. The molecule has 0 unspecified atom stereocenters. The molecule has 0 amide bonds. The summed E-state index contributed by atoms with van der Waals surface area (Å²) in [6.45, 7) is 4.61. The highest BCUT2D eigenvalue weighted by Gasteiger charge is 2.21. The van der Waals surface area contributed by atoms with Crippen molar-refractivity contribution in [3.05, 3.63) is 107 Å². The summed E-state index contributed by atoms with van der Waals surface area (Å²) < 4.78 is 0. The van der Waals surface area contributed by atoms with Crippen molar-refractivity contribution in [1.29, 1.82) is 0 Å². The van der Waals surface area contributed by atoms with Gasteiger partial charge in [0.15, 0.2) is 0 Å². The highest BCUT2D eigenvalue weighted by molar-refractivity contribution is 7.31. The fourth-order valence-corrected chi connectivity index (χ4v) is 16.3. The molecule has 0 saturated heterocycles. The Morgan fingerprint density at radius 1 is 0.290 bits per heavy atom. The second kappa shape index (κ2) is 23.9. The zero-order chi connectivity index (χ0) is 42.4. The molecule has 6 aromatic heterocycles. The van der Waals surface area contributed by atoms with E-state index in [4.69, 9.17) is 0 Å². The molecular weight excluding hydrogens is 865 g/mol. The van der Waals surface area contributed by atoms with Gasteiger partial charge in [-0.15, -0.1) is 68.0 Å². The van der Waals surface area contributed by atoms with Crippen LogP contribution in [0.25, 0.3) is 70.3 Å². The van der Waals surface area contributed by atoms with Crippen LogP contribution in [-0.2, 0) is 12.8 Å². The van der Waals surface area contributed by atoms with Crippen molar-refractivity contribution < 1.29 is 0 Å². The maximum atomic E-state index is 2.40. The van der Waals surface area contributed by atoms with Crippen LogP contribution in [-0.4, -0.2) is 0 Å². The van der Waals surface area contributed by atoms with Gasteiger partial charge in [0, 0.05) is 50.8 Å². The van der Waals surface area contributed by atoms with Crippen molar-refractivity contribution in [3.63, 3.8) is 0 Å². The molecule has 0 fully saturated rings. The van der Waals surface area contributed by atoms with E-state index in [0.29, 0.717) is 0 Å². The summed E-state index contributed by atoms with van der Waals surface area (Å²) in [6.07, 6.45) is 30.1. The molecule has 0 aliphatic carbocycles. The molecule has 0 aliphatic heterocycles. The van der Waals surface area contributed by atoms with Crippen LogP contribution in [0, 0.1) is 0 Å². The second-order valence-electron chi connectivity index (χ2n) is 17.4. The third-order valence-electron chi connectivity index (χ3n) is 12.6. The van der Waals surface area contributed by atoms with Gasteiger partial charge in [-0.25, -0.2) is 0 Å². The summed E-state index contributed by atoms with van der Waals surface area (Å²) in [4.78, 5) is 14.2. The maximum Gasteiger partial charge on any atom is 0.0530 e. The summed E-state index contributed by atoms with van der Waals surface area (Å²) in [7, 11) is 0. The van der Waals surface area contributed by atoms with E-state index in [1.54, 1.807) is 11.1 Å². The van der Waals surface area contributed by atoms with Crippen molar-refractivity contribution in [2.24, 2.45) is 0 Å². The standard InChI is InChI=1S/C56H66S6/c1-3-5-7-9-11-13-15-17-19-21-27-41-37-39-57-51(41)55-45-31-25-23-29-43(45)53(61-55)49-35-33-47(59-49)48-34-36-50(60-48)54-44-30-24-26-32-46(44)56(62-54)52-42(38-40-58-52)28-22-20-18-16-14-12-10-8-6-4-2/h23-26,29-40H,3-22,27-28H2,1-2H3. The molecule has 0 aliphatic rings. The van der Waals surface area contributed by atoms with Crippen molar-refractivity contribution in [3.8, 4) is 48.8 Å². The molecule has 62 heavy (non-hydrogen) atoms. The Morgan fingerprint density at radius 2 is 0.613 bits per heavy atom. The van der Waals surface area contributed by atoms with Crippen molar-refractivity contribution in [2.45, 2.75) is 155 Å². The lowest BCUT2D eigenvalue weighted by atomic mass is 10.0. The number of benzene rings is 2. The van der Waals surface area contributed by atoms with Crippen LogP contribution in [0.4, 0.5) is 0 Å². The van der Waals surface area contributed by atoms with Gasteiger partial charge in [0.25, 0.3) is 0 Å². The summed E-state index contributed by atoms with van der Waals surface area (Å²) in [5, 5.41) is 10.3. The van der Waals surface area contributed by atoms with E-state index >= 15 is 0 Å². The van der Waals surface area contributed by atoms with Crippen LogP contribution >= 0.6 is 68.0 Å². The number of rotatable bonds is 27. The Morgan fingerprint density at radius 3 is 0.984 bits per heavy atom. The minimum atomic E-state index is 1.19. The smallest absolute Gasteiger partial charge is 0.0530 e. The van der Waals surface area contributed by atoms with Gasteiger partial charge in [0.2, 0.25) is 0 Å². The zero-order valence-corrected chi connectivity index (χ0v) is 42.1. The number of aryl methyl sites for hydroxylation is 2. The summed E-state index contributed by atoms with van der Waals surface area (Å²) >= 11 is 11.8. The minimum absolute atomic E-state index is 1.19. The zero-order valence-electron chi connectivity index (χ0n) is 37.2. The van der Waals surface area contributed by atoms with Crippen molar-refractivity contribution in [1.82, 2.24) is 0 Å². The monoisotopic (exact) mass is 930 g/mol. The van der Waals surface area contributed by atoms with Gasteiger partial charge in [-0.05, 0) is 84.0 Å². The Bertz CT molecular complexity index is 2370. The van der Waals surface area contributed by atoms with Crippen molar-refractivity contribution in [2.75, 3.05) is 0 Å². The first-order valence-corrected chi connectivity index (χ1v) is 29.1. The molecule has 2 aromatic carbocycles. The maximum absolute atomic E-state index is 2.40. The van der Waals surface area contributed by atoms with Crippen LogP contribution < -0.4 is 0 Å². The van der Waals surface area contributed by atoms with E-state index in [9.17, 15) is 0 Å². The molecule has 0 nitrogen and oxygen atoms in total. The molecule has 8 rings (SSSR count). The van der Waals surface area contributed by atoms with Gasteiger partial charge in [0.1, 0.15) is 0 Å². The van der Waals surface area contributed by atoms with Gasteiger partial charge < -0.3 is 0 Å². The summed E-state index contributed by atoms with van der Waals surface area (Å²) in [5.74, 6) is 0. The first-order chi connectivity index (χ1) is 30.7. The third-order valence-corrected chi connectivity index (χ3v) is 20.1. The molecule has 0 saturated carbocycles. The molecule has 8 aromatic rings. The van der Waals surface area contributed by atoms with Crippen LogP contribution in [0.3, 0.4) is 0 Å². The lowest BCUT2D eigenvalue weighted by Crippen LogP contribution is -1.87. The van der Waals surface area contributed by atoms with Gasteiger partial charge in [0.05, 0.1) is 19.5 Å². The molecular formula is C56H66S6. The number of hydrogen-bond donors (Lipinski definition) is 0. The largest absolute Gasteiger partial charge is 0.143 e. The second-order valence-corrected chi connectivity index (χ2v) is 23.4. The minimum Gasteiger partial charge on any atom is -0.143 e. The Kier molecular flexibility index (Phi) is 17.6. The van der Waals surface area contributed by atoms with E-state index < -0.39 is 0 Å². The molecule has 6 heteroatoms. The predicted octanol–water partition coefficient (Wildman–Crippen LogP) is 21.6. The number of thiophene rings is 6. The summed E-state index contributed by atoms with van der Waals surface area (Å²) in [6, 6.07) is 32.6. The van der Waals surface area contributed by atoms with Crippen LogP contribution in [0.1, 0.15) is 153 Å². The van der Waals surface area contributed by atoms with Crippen LogP contribution in [0.15, 0.2) is 95.7 Å². The van der Waals surface area contributed by atoms with Gasteiger partial charge >= 0.3 is 0 Å². The van der Waals surface area contributed by atoms with E-state index in [0.717, 1.165) is 0 Å². The van der Waals surface area contributed by atoms with Gasteiger partial charge in [-0.1, -0.05) is 178 Å². The quantitative estimate of drug-likeness (QED) is 0.0451. The fourth-order valence-electron chi connectivity index (χ4n) is 9.14. The molecule has 0 spiro atoms. The predicted molar refractivity (Wildman–Crippen MR) is 287 cm³/mol. The average Bonchev–Trinajstić information content (AvgIpc) is 4.16.